The average Bonchev–Trinajstić information content (AvgIpc) is 2.60. The molecule has 1 aliphatic heterocycles. The van der Waals surface area contributed by atoms with Crippen molar-refractivity contribution >= 4 is 15.5 Å². The molecule has 2 rings (SSSR count). The van der Waals surface area contributed by atoms with Gasteiger partial charge in [0.15, 0.2) is 0 Å². The van der Waals surface area contributed by atoms with Gasteiger partial charge in [-0.05, 0) is 48.9 Å². The summed E-state index contributed by atoms with van der Waals surface area (Å²) < 4.78 is 47.8. The van der Waals surface area contributed by atoms with Gasteiger partial charge in [0.05, 0.1) is 4.90 Å². The van der Waals surface area contributed by atoms with Crippen LogP contribution >= 0.6 is 0 Å². The van der Waals surface area contributed by atoms with Gasteiger partial charge >= 0.3 is 5.76 Å². The van der Waals surface area contributed by atoms with E-state index in [-0.39, 0.29) is 4.90 Å². The first-order valence-corrected chi connectivity index (χ1v) is 8.64. The molecule has 1 heterocycles. The van der Waals surface area contributed by atoms with Gasteiger partial charge in [0.2, 0.25) is 9.84 Å². The summed E-state index contributed by atoms with van der Waals surface area (Å²) in [5, 5.41) is 0. The Morgan fingerprint density at radius 3 is 2.29 bits per heavy atom. The van der Waals surface area contributed by atoms with Crippen LogP contribution in [-0.4, -0.2) is 27.3 Å². The van der Waals surface area contributed by atoms with Gasteiger partial charge in [0.25, 0.3) is 0 Å². The summed E-state index contributed by atoms with van der Waals surface area (Å²) >= 11 is 0. The van der Waals surface area contributed by atoms with E-state index in [9.17, 15) is 17.2 Å². The SMILES string of the molecule is CC1(C)CCCN(c2ccc(S(=O)(=O)C(F)F)cc2)CC1. The van der Waals surface area contributed by atoms with E-state index in [0.717, 1.165) is 38.0 Å². The zero-order valence-electron chi connectivity index (χ0n) is 12.4. The predicted molar refractivity (Wildman–Crippen MR) is 79.5 cm³/mol. The molecule has 0 atom stereocenters. The molecule has 0 saturated carbocycles. The fraction of sp³-hybridized carbons (Fsp3) is 0.600. The Hall–Kier alpha value is -1.17. The van der Waals surface area contributed by atoms with Crippen molar-refractivity contribution < 1.29 is 17.2 Å². The molecule has 0 N–H and O–H groups in total. The van der Waals surface area contributed by atoms with Crippen LogP contribution in [-0.2, 0) is 9.84 Å². The van der Waals surface area contributed by atoms with Gasteiger partial charge in [-0.1, -0.05) is 13.8 Å². The Morgan fingerprint density at radius 1 is 1.10 bits per heavy atom. The number of nitrogens with zero attached hydrogens (tertiary/aromatic N) is 1. The maximum absolute atomic E-state index is 12.5. The van der Waals surface area contributed by atoms with E-state index in [2.05, 4.69) is 18.7 Å². The lowest BCUT2D eigenvalue weighted by Crippen LogP contribution is -2.25. The summed E-state index contributed by atoms with van der Waals surface area (Å²) in [6.45, 7) is 6.29. The van der Waals surface area contributed by atoms with Gasteiger partial charge in [-0.15, -0.1) is 0 Å². The number of hydrogen-bond acceptors (Lipinski definition) is 3. The monoisotopic (exact) mass is 317 g/mol. The molecule has 1 fully saturated rings. The molecule has 0 spiro atoms. The van der Waals surface area contributed by atoms with Crippen LogP contribution in [0, 0.1) is 5.41 Å². The second-order valence-electron chi connectivity index (χ2n) is 6.30. The molecule has 0 unspecified atom stereocenters. The van der Waals surface area contributed by atoms with E-state index in [4.69, 9.17) is 0 Å². The summed E-state index contributed by atoms with van der Waals surface area (Å²) in [5.41, 5.74) is 1.20. The van der Waals surface area contributed by atoms with Gasteiger partial charge in [-0.25, -0.2) is 8.42 Å². The molecule has 0 aromatic heterocycles. The highest BCUT2D eigenvalue weighted by molar-refractivity contribution is 7.91. The molecule has 1 aromatic carbocycles. The van der Waals surface area contributed by atoms with E-state index in [1.54, 1.807) is 12.1 Å². The molecule has 3 nitrogen and oxygen atoms in total. The standard InChI is InChI=1S/C15H21F2NO2S/c1-15(2)8-3-10-18(11-9-15)12-4-6-13(7-5-12)21(19,20)14(16)17/h4-7,14H,3,8-11H2,1-2H3. The third kappa shape index (κ3) is 3.73. The number of sulfone groups is 1. The molecule has 0 amide bonds. The summed E-state index contributed by atoms with van der Waals surface area (Å²) in [7, 11) is -4.50. The van der Waals surface area contributed by atoms with Crippen molar-refractivity contribution in [3.8, 4) is 0 Å². The molecule has 118 valence electrons. The Kier molecular flexibility index (Phi) is 4.56. The van der Waals surface area contributed by atoms with Crippen molar-refractivity contribution in [2.24, 2.45) is 5.41 Å². The lowest BCUT2D eigenvalue weighted by molar-refractivity contribution is 0.234. The second-order valence-corrected chi connectivity index (χ2v) is 8.22. The third-order valence-electron chi connectivity index (χ3n) is 4.11. The van der Waals surface area contributed by atoms with E-state index in [0.29, 0.717) is 5.41 Å². The average molecular weight is 317 g/mol. The van der Waals surface area contributed by atoms with Crippen LogP contribution in [0.2, 0.25) is 0 Å². The van der Waals surface area contributed by atoms with Gasteiger partial charge in [-0.2, -0.15) is 8.78 Å². The first kappa shape index (κ1) is 16.2. The van der Waals surface area contributed by atoms with Crippen LogP contribution in [0.25, 0.3) is 0 Å². The van der Waals surface area contributed by atoms with Crippen molar-refractivity contribution in [3.05, 3.63) is 24.3 Å². The first-order valence-electron chi connectivity index (χ1n) is 7.09. The molecule has 0 aliphatic carbocycles. The van der Waals surface area contributed by atoms with Crippen molar-refractivity contribution in [2.75, 3.05) is 18.0 Å². The van der Waals surface area contributed by atoms with Crippen LogP contribution in [0.15, 0.2) is 29.2 Å². The Labute approximate surface area is 124 Å². The zero-order chi connectivity index (χ0) is 15.7. The van der Waals surface area contributed by atoms with Gasteiger partial charge in [0, 0.05) is 18.8 Å². The van der Waals surface area contributed by atoms with Crippen LogP contribution in [0.1, 0.15) is 33.1 Å². The predicted octanol–water partition coefficient (Wildman–Crippen LogP) is 3.70. The van der Waals surface area contributed by atoms with Gasteiger partial charge < -0.3 is 4.90 Å². The number of benzene rings is 1. The highest BCUT2D eigenvalue weighted by Crippen LogP contribution is 2.32. The minimum Gasteiger partial charge on any atom is -0.372 e. The van der Waals surface area contributed by atoms with Gasteiger partial charge in [-0.3, -0.25) is 0 Å². The van der Waals surface area contributed by atoms with E-state index in [1.165, 1.54) is 12.1 Å². The summed E-state index contributed by atoms with van der Waals surface area (Å²) in [6, 6.07) is 5.78. The minimum atomic E-state index is -4.50. The fourth-order valence-corrected chi connectivity index (χ4v) is 3.35. The first-order chi connectivity index (χ1) is 9.72. The lowest BCUT2D eigenvalue weighted by atomic mass is 9.85. The third-order valence-corrected chi connectivity index (χ3v) is 5.50. The number of rotatable bonds is 3. The highest BCUT2D eigenvalue weighted by atomic mass is 32.2. The largest absolute Gasteiger partial charge is 0.372 e. The fourth-order valence-electron chi connectivity index (χ4n) is 2.63. The highest BCUT2D eigenvalue weighted by Gasteiger charge is 2.27. The molecule has 21 heavy (non-hydrogen) atoms. The van der Waals surface area contributed by atoms with Crippen molar-refractivity contribution in [3.63, 3.8) is 0 Å². The van der Waals surface area contributed by atoms with Crippen LogP contribution in [0.5, 0.6) is 0 Å². The number of alkyl halides is 2. The molecule has 6 heteroatoms. The number of hydrogen-bond donors (Lipinski definition) is 0. The van der Waals surface area contributed by atoms with Gasteiger partial charge in [0.1, 0.15) is 0 Å². The molecular formula is C15H21F2NO2S. The topological polar surface area (TPSA) is 37.4 Å². The quantitative estimate of drug-likeness (QED) is 0.853. The minimum absolute atomic E-state index is 0.313. The molecule has 1 aliphatic rings. The van der Waals surface area contributed by atoms with Crippen LogP contribution in [0.4, 0.5) is 14.5 Å². The van der Waals surface area contributed by atoms with Crippen molar-refractivity contribution in [1.29, 1.82) is 0 Å². The molecule has 0 bridgehead atoms. The zero-order valence-corrected chi connectivity index (χ0v) is 13.2. The lowest BCUT2D eigenvalue weighted by Gasteiger charge is -2.25. The molecule has 0 radical (unpaired) electrons. The molecule has 1 aromatic rings. The maximum atomic E-state index is 12.5. The van der Waals surface area contributed by atoms with E-state index >= 15 is 0 Å². The summed E-state index contributed by atoms with van der Waals surface area (Å²) in [4.78, 5) is 1.87. The number of halogens is 2. The van der Waals surface area contributed by atoms with Crippen LogP contribution < -0.4 is 4.90 Å². The van der Waals surface area contributed by atoms with Crippen LogP contribution in [0.3, 0.4) is 0 Å². The smallest absolute Gasteiger partial charge is 0.341 e. The summed E-state index contributed by atoms with van der Waals surface area (Å²) in [6.07, 6.45) is 3.29. The Balaban J connectivity index is 2.16. The Morgan fingerprint density at radius 2 is 1.71 bits per heavy atom. The Bertz CT molecular complexity index is 582. The van der Waals surface area contributed by atoms with Crippen molar-refractivity contribution in [2.45, 2.75) is 43.8 Å². The summed E-state index contributed by atoms with van der Waals surface area (Å²) in [5.74, 6) is -3.37. The molecule has 1 saturated heterocycles. The normalized spacial score (nSPS) is 19.6. The molecular weight excluding hydrogens is 296 g/mol. The van der Waals surface area contributed by atoms with Crippen molar-refractivity contribution in [1.82, 2.24) is 0 Å². The number of anilines is 1. The second kappa shape index (κ2) is 5.91. The van der Waals surface area contributed by atoms with E-state index < -0.39 is 15.6 Å². The maximum Gasteiger partial charge on any atom is 0.341 e. The van der Waals surface area contributed by atoms with E-state index in [1.807, 2.05) is 0 Å².